The second-order valence-electron chi connectivity index (χ2n) is 8.73. The van der Waals surface area contributed by atoms with Crippen molar-refractivity contribution in [2.45, 2.75) is 13.8 Å². The minimum Gasteiger partial charge on any atom is -0.253 e. The minimum atomic E-state index is 0.976. The number of rotatable bonds is 4. The number of hydrogen-bond donors (Lipinski definition) is 0. The van der Waals surface area contributed by atoms with Gasteiger partial charge in [-0.05, 0) is 72.6 Å². The van der Waals surface area contributed by atoms with E-state index in [-0.39, 0.29) is 0 Å². The highest BCUT2D eigenvalue weighted by Gasteiger charge is 2.15. The van der Waals surface area contributed by atoms with Gasteiger partial charge in [0, 0.05) is 63.1 Å². The Morgan fingerprint density at radius 2 is 1.25 bits per heavy atom. The molecule has 174 valence electrons. The van der Waals surface area contributed by atoms with Crippen molar-refractivity contribution in [3.63, 3.8) is 0 Å². The molecule has 7 aromatic rings. The SMILES string of the molecule is Cc1nc2c(ccc3c(C)c(-c4ccc(-c5cccs5)s4)cnc32)cc1-c1ccc(-c2cccs2)s1. The van der Waals surface area contributed by atoms with Gasteiger partial charge in [0.2, 0.25) is 0 Å². The van der Waals surface area contributed by atoms with E-state index < -0.39 is 0 Å². The van der Waals surface area contributed by atoms with Crippen molar-refractivity contribution in [3.05, 3.63) is 94.9 Å². The topological polar surface area (TPSA) is 25.8 Å². The van der Waals surface area contributed by atoms with Crippen molar-refractivity contribution in [1.29, 1.82) is 0 Å². The molecule has 0 aliphatic heterocycles. The van der Waals surface area contributed by atoms with E-state index in [0.29, 0.717) is 0 Å². The molecule has 0 amide bonds. The molecule has 0 radical (unpaired) electrons. The Balaban J connectivity index is 1.31. The third-order valence-corrected chi connectivity index (χ3v) is 10.9. The second kappa shape index (κ2) is 8.75. The zero-order valence-corrected chi connectivity index (χ0v) is 22.9. The molecule has 0 spiro atoms. The Morgan fingerprint density at radius 3 is 1.89 bits per heavy atom. The van der Waals surface area contributed by atoms with Gasteiger partial charge in [0.15, 0.2) is 0 Å². The maximum atomic E-state index is 5.08. The van der Waals surface area contributed by atoms with Gasteiger partial charge >= 0.3 is 0 Å². The van der Waals surface area contributed by atoms with E-state index in [1.54, 1.807) is 22.7 Å². The first kappa shape index (κ1) is 22.1. The third kappa shape index (κ3) is 3.64. The van der Waals surface area contributed by atoms with Crippen LogP contribution in [0, 0.1) is 13.8 Å². The van der Waals surface area contributed by atoms with E-state index >= 15 is 0 Å². The van der Waals surface area contributed by atoms with Gasteiger partial charge in [-0.3, -0.25) is 9.97 Å². The summed E-state index contributed by atoms with van der Waals surface area (Å²) in [6, 6.07) is 24.1. The van der Waals surface area contributed by atoms with Crippen LogP contribution in [0.3, 0.4) is 0 Å². The van der Waals surface area contributed by atoms with Crippen molar-refractivity contribution >= 4 is 67.2 Å². The summed E-state index contributed by atoms with van der Waals surface area (Å²) in [6.07, 6.45) is 2.03. The van der Waals surface area contributed by atoms with Crippen LogP contribution in [0.2, 0.25) is 0 Å². The van der Waals surface area contributed by atoms with E-state index in [1.807, 2.05) is 28.9 Å². The summed E-state index contributed by atoms with van der Waals surface area (Å²) in [7, 11) is 0. The van der Waals surface area contributed by atoms with Gasteiger partial charge < -0.3 is 0 Å². The van der Waals surface area contributed by atoms with Gasteiger partial charge in [-0.25, -0.2) is 0 Å². The molecule has 2 nitrogen and oxygen atoms in total. The summed E-state index contributed by atoms with van der Waals surface area (Å²) < 4.78 is 0. The fourth-order valence-corrected chi connectivity index (χ4v) is 8.50. The summed E-state index contributed by atoms with van der Waals surface area (Å²) >= 11 is 7.22. The number of aromatic nitrogens is 2. The van der Waals surface area contributed by atoms with Crippen molar-refractivity contribution in [2.24, 2.45) is 0 Å². The van der Waals surface area contributed by atoms with E-state index in [2.05, 4.69) is 91.3 Å². The number of nitrogens with zero attached hydrogens (tertiary/aromatic N) is 2. The molecule has 0 N–H and O–H groups in total. The molecular weight excluding hydrogens is 517 g/mol. The van der Waals surface area contributed by atoms with Crippen molar-refractivity contribution in [1.82, 2.24) is 9.97 Å². The van der Waals surface area contributed by atoms with Crippen LogP contribution in [-0.4, -0.2) is 9.97 Å². The first-order chi connectivity index (χ1) is 17.7. The summed E-state index contributed by atoms with van der Waals surface area (Å²) in [5, 5.41) is 6.56. The Bertz CT molecular complexity index is 1780. The Kier molecular flexibility index (Phi) is 5.36. The van der Waals surface area contributed by atoms with Gasteiger partial charge in [-0.1, -0.05) is 24.3 Å². The zero-order chi connectivity index (χ0) is 24.2. The summed E-state index contributed by atoms with van der Waals surface area (Å²) in [5.41, 5.74) is 6.64. The molecule has 6 heteroatoms. The second-order valence-corrected chi connectivity index (χ2v) is 12.8. The maximum Gasteiger partial charge on any atom is 0.0968 e. The van der Waals surface area contributed by atoms with E-state index in [0.717, 1.165) is 22.1 Å². The van der Waals surface area contributed by atoms with Gasteiger partial charge in [-0.2, -0.15) is 0 Å². The number of aryl methyl sites for hydroxylation is 2. The molecule has 7 rings (SSSR count). The molecular formula is C30H20N2S4. The molecule has 36 heavy (non-hydrogen) atoms. The van der Waals surface area contributed by atoms with Crippen molar-refractivity contribution in [3.8, 4) is 40.4 Å². The summed E-state index contributed by atoms with van der Waals surface area (Å²) in [6.45, 7) is 4.31. The molecule has 0 saturated heterocycles. The lowest BCUT2D eigenvalue weighted by atomic mass is 10.0. The normalized spacial score (nSPS) is 11.6. The van der Waals surface area contributed by atoms with Gasteiger partial charge in [0.25, 0.3) is 0 Å². The van der Waals surface area contributed by atoms with E-state index in [4.69, 9.17) is 9.97 Å². The van der Waals surface area contributed by atoms with Crippen molar-refractivity contribution in [2.75, 3.05) is 0 Å². The van der Waals surface area contributed by atoms with Gasteiger partial charge in [0.1, 0.15) is 0 Å². The van der Waals surface area contributed by atoms with Gasteiger partial charge in [-0.15, -0.1) is 45.3 Å². The maximum absolute atomic E-state index is 5.08. The molecule has 6 aromatic heterocycles. The first-order valence-electron chi connectivity index (χ1n) is 11.6. The Hall–Kier alpha value is -3.16. The minimum absolute atomic E-state index is 0.976. The number of hydrogen-bond acceptors (Lipinski definition) is 6. The molecule has 0 fully saturated rings. The average Bonchev–Trinajstić information content (AvgIpc) is 3.69. The number of thiophene rings is 4. The Morgan fingerprint density at radius 1 is 0.611 bits per heavy atom. The van der Waals surface area contributed by atoms with Crippen LogP contribution >= 0.6 is 45.3 Å². The van der Waals surface area contributed by atoms with Crippen LogP contribution in [0.5, 0.6) is 0 Å². The van der Waals surface area contributed by atoms with E-state index in [1.165, 1.54) is 51.3 Å². The summed E-state index contributed by atoms with van der Waals surface area (Å²) in [4.78, 5) is 17.8. The van der Waals surface area contributed by atoms with Crippen LogP contribution in [0.25, 0.3) is 62.2 Å². The molecule has 6 heterocycles. The molecule has 0 atom stereocenters. The smallest absolute Gasteiger partial charge is 0.0968 e. The van der Waals surface area contributed by atoms with Crippen LogP contribution in [0.15, 0.2) is 83.7 Å². The molecule has 0 saturated carbocycles. The summed E-state index contributed by atoms with van der Waals surface area (Å²) in [5.74, 6) is 0. The fraction of sp³-hybridized carbons (Fsp3) is 0.0667. The molecule has 1 aromatic carbocycles. The predicted octanol–water partition coefficient (Wildman–Crippen LogP) is 10.3. The predicted molar refractivity (Wildman–Crippen MR) is 160 cm³/mol. The molecule has 0 unspecified atom stereocenters. The lowest BCUT2D eigenvalue weighted by molar-refractivity contribution is 1.26. The Labute approximate surface area is 225 Å². The number of pyridine rings is 2. The average molecular weight is 537 g/mol. The number of fused-ring (bicyclic) bond motifs is 3. The molecule has 0 aliphatic rings. The van der Waals surface area contributed by atoms with Crippen LogP contribution in [-0.2, 0) is 0 Å². The third-order valence-electron chi connectivity index (χ3n) is 6.55. The monoisotopic (exact) mass is 536 g/mol. The standard InChI is InChI=1S/C30H20N2S4/c1-17-20-8-7-19-15-21(23-9-11-27(35-23)25-5-3-13-33-25)18(2)32-29(19)30(20)31-16-22(17)24-10-12-28(36-24)26-6-4-14-34-26/h3-16H,1-2H3. The van der Waals surface area contributed by atoms with Crippen LogP contribution < -0.4 is 0 Å². The lowest BCUT2D eigenvalue weighted by Gasteiger charge is -2.11. The molecule has 0 aliphatic carbocycles. The molecule has 0 bridgehead atoms. The largest absolute Gasteiger partial charge is 0.253 e. The fourth-order valence-electron chi connectivity index (χ4n) is 4.69. The van der Waals surface area contributed by atoms with Crippen LogP contribution in [0.1, 0.15) is 11.3 Å². The quantitative estimate of drug-likeness (QED) is 0.209. The van der Waals surface area contributed by atoms with Gasteiger partial charge in [0.05, 0.1) is 11.0 Å². The van der Waals surface area contributed by atoms with Crippen molar-refractivity contribution < 1.29 is 0 Å². The van der Waals surface area contributed by atoms with Crippen LogP contribution in [0.4, 0.5) is 0 Å². The zero-order valence-electron chi connectivity index (χ0n) is 19.6. The highest BCUT2D eigenvalue weighted by molar-refractivity contribution is 7.23. The highest BCUT2D eigenvalue weighted by Crippen LogP contribution is 2.41. The lowest BCUT2D eigenvalue weighted by Crippen LogP contribution is -1.93. The highest BCUT2D eigenvalue weighted by atomic mass is 32.1. The van der Waals surface area contributed by atoms with E-state index in [9.17, 15) is 0 Å². The number of benzene rings is 1. The first-order valence-corrected chi connectivity index (χ1v) is 15.0.